The number of hydrogen-bond acceptors (Lipinski definition) is 2. The molecule has 0 fully saturated rings. The summed E-state index contributed by atoms with van der Waals surface area (Å²) in [6.07, 6.45) is 0. The predicted molar refractivity (Wildman–Crippen MR) is 190 cm³/mol. The number of nitrogens with zero attached hydrogens (tertiary/aromatic N) is 1. The zero-order chi connectivity index (χ0) is 30.9. The monoisotopic (exact) mass is 583 g/mol. The lowest BCUT2D eigenvalue weighted by atomic mass is 9.82. The second-order valence-corrected chi connectivity index (χ2v) is 13.9. The highest BCUT2D eigenvalue weighted by molar-refractivity contribution is 6.13. The SMILES string of the molecule is CC(C)(C)c1ccc2c(c1)oc1cccc(N(c3ccc(-c4ccccc4)cc3)c3ccc4c(c3)C(C)(C)c3ccccc3-4)c12. The molecule has 0 unspecified atom stereocenters. The third-order valence-corrected chi connectivity index (χ3v) is 9.64. The first kappa shape index (κ1) is 27.5. The summed E-state index contributed by atoms with van der Waals surface area (Å²) in [4.78, 5) is 2.41. The number of furan rings is 1. The molecule has 0 saturated heterocycles. The van der Waals surface area contributed by atoms with Crippen molar-refractivity contribution in [3.63, 3.8) is 0 Å². The Balaban J connectivity index is 1.35. The molecule has 6 aromatic carbocycles. The zero-order valence-corrected chi connectivity index (χ0v) is 26.6. The molecule has 0 radical (unpaired) electrons. The topological polar surface area (TPSA) is 16.4 Å². The summed E-state index contributed by atoms with van der Waals surface area (Å²) in [5, 5.41) is 2.26. The van der Waals surface area contributed by atoms with Crippen LogP contribution < -0.4 is 4.90 Å². The van der Waals surface area contributed by atoms with Crippen LogP contribution in [0.25, 0.3) is 44.2 Å². The molecule has 0 saturated carbocycles. The van der Waals surface area contributed by atoms with Gasteiger partial charge in [0.05, 0.1) is 11.1 Å². The fourth-order valence-electron chi connectivity index (χ4n) is 7.15. The van der Waals surface area contributed by atoms with Gasteiger partial charge in [0, 0.05) is 22.2 Å². The van der Waals surface area contributed by atoms with Gasteiger partial charge >= 0.3 is 0 Å². The Bertz CT molecular complexity index is 2210. The van der Waals surface area contributed by atoms with Gasteiger partial charge in [0.25, 0.3) is 0 Å². The lowest BCUT2D eigenvalue weighted by molar-refractivity contribution is 0.587. The van der Waals surface area contributed by atoms with Gasteiger partial charge in [0.15, 0.2) is 0 Å². The van der Waals surface area contributed by atoms with Gasteiger partial charge in [-0.25, -0.2) is 0 Å². The molecule has 1 aliphatic carbocycles. The molecule has 45 heavy (non-hydrogen) atoms. The Labute approximate surface area is 265 Å². The molecule has 2 heteroatoms. The molecule has 0 bridgehead atoms. The zero-order valence-electron chi connectivity index (χ0n) is 26.6. The highest BCUT2D eigenvalue weighted by atomic mass is 16.3. The summed E-state index contributed by atoms with van der Waals surface area (Å²) in [5.74, 6) is 0. The fraction of sp³-hybridized carbons (Fsp3) is 0.163. The van der Waals surface area contributed by atoms with Crippen molar-refractivity contribution in [2.45, 2.75) is 45.4 Å². The van der Waals surface area contributed by atoms with E-state index in [1.165, 1.54) is 38.9 Å². The average molecular weight is 584 g/mol. The molecule has 0 N–H and O–H groups in total. The minimum atomic E-state index is -0.0948. The second-order valence-electron chi connectivity index (χ2n) is 13.9. The van der Waals surface area contributed by atoms with Gasteiger partial charge in [-0.2, -0.15) is 0 Å². The van der Waals surface area contributed by atoms with Crippen molar-refractivity contribution in [1.82, 2.24) is 0 Å². The lowest BCUT2D eigenvalue weighted by Crippen LogP contribution is -2.16. The van der Waals surface area contributed by atoms with Crippen molar-refractivity contribution in [1.29, 1.82) is 0 Å². The molecule has 7 aromatic rings. The van der Waals surface area contributed by atoms with Crippen molar-refractivity contribution in [3.8, 4) is 22.3 Å². The van der Waals surface area contributed by atoms with E-state index in [1.54, 1.807) is 0 Å². The average Bonchev–Trinajstić information content (AvgIpc) is 3.54. The number of anilines is 3. The third-order valence-electron chi connectivity index (χ3n) is 9.64. The van der Waals surface area contributed by atoms with Gasteiger partial charge < -0.3 is 9.32 Å². The van der Waals surface area contributed by atoms with Gasteiger partial charge in [0.2, 0.25) is 0 Å². The Morgan fingerprint density at radius 2 is 1.24 bits per heavy atom. The minimum absolute atomic E-state index is 0.0390. The van der Waals surface area contributed by atoms with Crippen LogP contribution in [0.4, 0.5) is 17.1 Å². The molecule has 2 nitrogen and oxygen atoms in total. The van der Waals surface area contributed by atoms with Crippen LogP contribution in [0.15, 0.2) is 138 Å². The first-order valence-corrected chi connectivity index (χ1v) is 15.9. The van der Waals surface area contributed by atoms with E-state index in [-0.39, 0.29) is 10.8 Å². The molecule has 1 heterocycles. The third kappa shape index (κ3) is 4.39. The van der Waals surface area contributed by atoms with E-state index in [0.717, 1.165) is 39.0 Å². The van der Waals surface area contributed by atoms with Crippen LogP contribution in [0.5, 0.6) is 0 Å². The Kier molecular flexibility index (Phi) is 6.09. The van der Waals surface area contributed by atoms with Crippen LogP contribution >= 0.6 is 0 Å². The smallest absolute Gasteiger partial charge is 0.137 e. The first-order chi connectivity index (χ1) is 21.7. The van der Waals surface area contributed by atoms with E-state index in [4.69, 9.17) is 4.42 Å². The van der Waals surface area contributed by atoms with Gasteiger partial charge in [-0.15, -0.1) is 0 Å². The van der Waals surface area contributed by atoms with E-state index >= 15 is 0 Å². The second kappa shape index (κ2) is 9.97. The van der Waals surface area contributed by atoms with Crippen LogP contribution in [0.1, 0.15) is 51.3 Å². The predicted octanol–water partition coefficient (Wildman–Crippen LogP) is 12.3. The lowest BCUT2D eigenvalue weighted by Gasteiger charge is -2.29. The normalized spacial score (nSPS) is 13.6. The number of fused-ring (bicyclic) bond motifs is 6. The summed E-state index contributed by atoms with van der Waals surface area (Å²) in [6, 6.07) is 48.5. The molecule has 220 valence electrons. The van der Waals surface area contributed by atoms with Crippen LogP contribution in [-0.2, 0) is 10.8 Å². The highest BCUT2D eigenvalue weighted by Gasteiger charge is 2.36. The number of hydrogen-bond donors (Lipinski definition) is 0. The maximum Gasteiger partial charge on any atom is 0.137 e. The van der Waals surface area contributed by atoms with E-state index in [9.17, 15) is 0 Å². The van der Waals surface area contributed by atoms with Crippen molar-refractivity contribution in [3.05, 3.63) is 150 Å². The molecule has 1 aromatic heterocycles. The van der Waals surface area contributed by atoms with Crippen molar-refractivity contribution < 1.29 is 4.42 Å². The van der Waals surface area contributed by atoms with Gasteiger partial charge in [-0.3, -0.25) is 0 Å². The van der Waals surface area contributed by atoms with Gasteiger partial charge in [0.1, 0.15) is 11.2 Å². The minimum Gasteiger partial charge on any atom is -0.456 e. The molecular formula is C43H37NO. The molecule has 0 amide bonds. The summed E-state index contributed by atoms with van der Waals surface area (Å²) in [5.41, 5.74) is 14.2. The molecule has 0 atom stereocenters. The Morgan fingerprint density at radius 1 is 0.556 bits per heavy atom. The summed E-state index contributed by atoms with van der Waals surface area (Å²) in [6.45, 7) is 11.4. The van der Waals surface area contributed by atoms with Crippen LogP contribution in [0, 0.1) is 0 Å². The van der Waals surface area contributed by atoms with Crippen LogP contribution in [0.2, 0.25) is 0 Å². The Hall–Kier alpha value is -5.08. The Morgan fingerprint density at radius 3 is 2.02 bits per heavy atom. The molecule has 1 aliphatic rings. The molecule has 0 spiro atoms. The van der Waals surface area contributed by atoms with Gasteiger partial charge in [-0.05, 0) is 86.8 Å². The van der Waals surface area contributed by atoms with Crippen LogP contribution in [-0.4, -0.2) is 0 Å². The van der Waals surface area contributed by atoms with E-state index in [1.807, 2.05) is 0 Å². The maximum absolute atomic E-state index is 6.55. The largest absolute Gasteiger partial charge is 0.456 e. The van der Waals surface area contributed by atoms with Crippen molar-refractivity contribution in [2.75, 3.05) is 4.90 Å². The number of benzene rings is 6. The fourth-order valence-corrected chi connectivity index (χ4v) is 7.15. The summed E-state index contributed by atoms with van der Waals surface area (Å²) >= 11 is 0. The maximum atomic E-state index is 6.55. The van der Waals surface area contributed by atoms with E-state index in [2.05, 4.69) is 173 Å². The molecular weight excluding hydrogens is 546 g/mol. The summed E-state index contributed by atoms with van der Waals surface area (Å²) < 4.78 is 6.55. The molecule has 0 aliphatic heterocycles. The standard InChI is InChI=1S/C43H37NO/c1-42(2,3)30-20-24-35-40(26-30)45-39-17-11-16-38(41(35)39)44(31-21-18-29(19-22-31)28-12-7-6-8-13-28)32-23-25-34-33-14-9-10-15-36(33)43(4,5)37(34)27-32/h6-27H,1-5H3. The van der Waals surface area contributed by atoms with Gasteiger partial charge in [-0.1, -0.05) is 126 Å². The quantitative estimate of drug-likeness (QED) is 0.205. The molecule has 8 rings (SSSR count). The van der Waals surface area contributed by atoms with E-state index in [0.29, 0.717) is 0 Å². The highest BCUT2D eigenvalue weighted by Crippen LogP contribution is 2.51. The number of rotatable bonds is 4. The first-order valence-electron chi connectivity index (χ1n) is 15.9. The van der Waals surface area contributed by atoms with Crippen LogP contribution in [0.3, 0.4) is 0 Å². The van der Waals surface area contributed by atoms with Crippen molar-refractivity contribution in [2.24, 2.45) is 0 Å². The van der Waals surface area contributed by atoms with Crippen molar-refractivity contribution >= 4 is 39.0 Å². The summed E-state index contributed by atoms with van der Waals surface area (Å²) in [7, 11) is 0. The van der Waals surface area contributed by atoms with E-state index < -0.39 is 0 Å².